The maximum absolute atomic E-state index is 12.7. The number of amides is 1. The summed E-state index contributed by atoms with van der Waals surface area (Å²) in [5, 5.41) is 5.58. The van der Waals surface area contributed by atoms with Gasteiger partial charge in [0.1, 0.15) is 5.82 Å². The average Bonchev–Trinajstić information content (AvgIpc) is 3.28. The highest BCUT2D eigenvalue weighted by atomic mass is 32.1. The van der Waals surface area contributed by atoms with Crippen molar-refractivity contribution in [2.75, 3.05) is 16.8 Å². The molecule has 1 aliphatic heterocycles. The monoisotopic (exact) mass is 445 g/mol. The number of fused-ring (bicyclic) bond motifs is 2. The van der Waals surface area contributed by atoms with E-state index in [0.29, 0.717) is 16.6 Å². The number of anilines is 2. The lowest BCUT2D eigenvalue weighted by Crippen LogP contribution is -2.30. The summed E-state index contributed by atoms with van der Waals surface area (Å²) in [5.74, 6) is 0.737. The van der Waals surface area contributed by atoms with E-state index >= 15 is 0 Å². The van der Waals surface area contributed by atoms with Gasteiger partial charge in [0.2, 0.25) is 5.91 Å². The number of carbonyl (C=O) groups is 1. The normalized spacial score (nSPS) is 13.2. The lowest BCUT2D eigenvalue weighted by Gasteiger charge is -2.28. The van der Waals surface area contributed by atoms with E-state index in [1.807, 2.05) is 42.5 Å². The number of hydrogen-bond acceptors (Lipinski definition) is 6. The highest BCUT2D eigenvalue weighted by molar-refractivity contribution is 7.10. The van der Waals surface area contributed by atoms with E-state index < -0.39 is 0 Å². The van der Waals surface area contributed by atoms with Crippen molar-refractivity contribution in [2.45, 2.75) is 32.9 Å². The molecule has 0 atom stereocenters. The van der Waals surface area contributed by atoms with Crippen LogP contribution in [0, 0.1) is 6.92 Å². The number of aromatic nitrogens is 3. The van der Waals surface area contributed by atoms with Gasteiger partial charge in [-0.05, 0) is 54.1 Å². The number of carbonyl (C=O) groups excluding carboxylic acids is 1. The van der Waals surface area contributed by atoms with E-state index in [4.69, 9.17) is 0 Å². The minimum atomic E-state index is -0.170. The quantitative estimate of drug-likeness (QED) is 0.506. The Hall–Kier alpha value is -3.52. The van der Waals surface area contributed by atoms with Crippen LogP contribution >= 0.6 is 11.3 Å². The van der Waals surface area contributed by atoms with Gasteiger partial charge in [0.15, 0.2) is 0 Å². The Morgan fingerprint density at radius 3 is 2.94 bits per heavy atom. The third-order valence-corrected chi connectivity index (χ3v) is 6.82. The van der Waals surface area contributed by atoms with Crippen LogP contribution in [0.1, 0.15) is 22.4 Å². The first-order valence-corrected chi connectivity index (χ1v) is 11.5. The third-order valence-electron chi connectivity index (χ3n) is 5.80. The summed E-state index contributed by atoms with van der Waals surface area (Å²) in [4.78, 5) is 37.7. The molecule has 0 saturated heterocycles. The average molecular weight is 446 g/mol. The zero-order chi connectivity index (χ0) is 22.1. The van der Waals surface area contributed by atoms with E-state index in [1.165, 1.54) is 21.3 Å². The fraction of sp³-hybridized carbons (Fsp3) is 0.250. The summed E-state index contributed by atoms with van der Waals surface area (Å²) < 4.78 is 1.48. The fourth-order valence-corrected chi connectivity index (χ4v) is 4.92. The van der Waals surface area contributed by atoms with Gasteiger partial charge >= 0.3 is 0 Å². The van der Waals surface area contributed by atoms with Gasteiger partial charge in [0, 0.05) is 30.9 Å². The second kappa shape index (κ2) is 8.55. The van der Waals surface area contributed by atoms with Crippen molar-refractivity contribution in [3.05, 3.63) is 80.7 Å². The Morgan fingerprint density at radius 1 is 1.19 bits per heavy atom. The molecule has 0 unspecified atom stereocenters. The Bertz CT molecular complexity index is 1340. The molecular formula is C24H23N5O2S. The first-order valence-electron chi connectivity index (χ1n) is 10.6. The summed E-state index contributed by atoms with van der Waals surface area (Å²) in [6, 6.07) is 11.5. The maximum Gasteiger partial charge on any atom is 0.261 e. The third kappa shape index (κ3) is 4.01. The highest BCUT2D eigenvalue weighted by Crippen LogP contribution is 2.27. The lowest BCUT2D eigenvalue weighted by molar-refractivity contribution is -0.116. The summed E-state index contributed by atoms with van der Waals surface area (Å²) in [7, 11) is 0. The smallest absolute Gasteiger partial charge is 0.261 e. The Kier molecular flexibility index (Phi) is 5.45. The van der Waals surface area contributed by atoms with Crippen LogP contribution in [-0.2, 0) is 24.3 Å². The SMILES string of the molecule is Cc1cccc2c(=O)n(CCC(=O)Nc3ccc(N4CCc5sccc5C4)nc3)cnc12. The van der Waals surface area contributed by atoms with Crippen molar-refractivity contribution < 1.29 is 4.79 Å². The van der Waals surface area contributed by atoms with Gasteiger partial charge in [0.25, 0.3) is 5.56 Å². The largest absolute Gasteiger partial charge is 0.352 e. The molecule has 1 aliphatic rings. The fourth-order valence-electron chi connectivity index (χ4n) is 4.03. The molecule has 162 valence electrons. The predicted octanol–water partition coefficient (Wildman–Crippen LogP) is 3.75. The number of aryl methyl sites for hydroxylation is 2. The second-order valence-corrected chi connectivity index (χ2v) is 8.96. The molecule has 1 amide bonds. The van der Waals surface area contributed by atoms with E-state index in [2.05, 4.69) is 31.6 Å². The first kappa shape index (κ1) is 20.4. The van der Waals surface area contributed by atoms with Crippen molar-refractivity contribution >= 4 is 39.7 Å². The van der Waals surface area contributed by atoms with Crippen molar-refractivity contribution in [2.24, 2.45) is 0 Å². The van der Waals surface area contributed by atoms with Crippen LogP contribution in [0.5, 0.6) is 0 Å². The Balaban J connectivity index is 1.20. The van der Waals surface area contributed by atoms with Crippen LogP contribution in [0.25, 0.3) is 10.9 Å². The molecule has 5 rings (SSSR count). The number of para-hydroxylation sites is 1. The van der Waals surface area contributed by atoms with E-state index in [-0.39, 0.29) is 24.4 Å². The topological polar surface area (TPSA) is 80.1 Å². The number of thiophene rings is 1. The molecule has 32 heavy (non-hydrogen) atoms. The Morgan fingerprint density at radius 2 is 2.09 bits per heavy atom. The van der Waals surface area contributed by atoms with Gasteiger partial charge < -0.3 is 10.2 Å². The number of rotatable bonds is 5. The number of nitrogens with one attached hydrogen (secondary N) is 1. The number of benzene rings is 1. The molecule has 0 bridgehead atoms. The van der Waals surface area contributed by atoms with Gasteiger partial charge in [-0.3, -0.25) is 14.2 Å². The van der Waals surface area contributed by atoms with Crippen molar-refractivity contribution in [3.8, 4) is 0 Å². The molecule has 1 aromatic carbocycles. The first-order chi connectivity index (χ1) is 15.6. The van der Waals surface area contributed by atoms with E-state index in [0.717, 1.165) is 30.9 Å². The van der Waals surface area contributed by atoms with Crippen LogP contribution in [-0.4, -0.2) is 27.0 Å². The molecule has 0 spiro atoms. The molecule has 1 N–H and O–H groups in total. The van der Waals surface area contributed by atoms with Crippen LogP contribution in [0.4, 0.5) is 11.5 Å². The molecule has 0 aliphatic carbocycles. The van der Waals surface area contributed by atoms with Crippen LogP contribution in [0.15, 0.2) is 59.1 Å². The van der Waals surface area contributed by atoms with Gasteiger partial charge in [0.05, 0.1) is 29.1 Å². The molecule has 8 heteroatoms. The molecule has 0 radical (unpaired) electrons. The summed E-state index contributed by atoms with van der Waals surface area (Å²) >= 11 is 1.82. The minimum absolute atomic E-state index is 0.132. The Labute approximate surface area is 189 Å². The molecule has 3 aromatic heterocycles. The molecule has 7 nitrogen and oxygen atoms in total. The molecule has 4 aromatic rings. The van der Waals surface area contributed by atoms with Gasteiger partial charge in [-0.1, -0.05) is 12.1 Å². The van der Waals surface area contributed by atoms with Crippen LogP contribution in [0.3, 0.4) is 0 Å². The van der Waals surface area contributed by atoms with E-state index in [9.17, 15) is 9.59 Å². The molecule has 4 heterocycles. The number of nitrogens with zero attached hydrogens (tertiary/aromatic N) is 4. The number of hydrogen-bond donors (Lipinski definition) is 1. The zero-order valence-electron chi connectivity index (χ0n) is 17.7. The van der Waals surface area contributed by atoms with Gasteiger partial charge in [-0.2, -0.15) is 0 Å². The zero-order valence-corrected chi connectivity index (χ0v) is 18.6. The lowest BCUT2D eigenvalue weighted by atomic mass is 10.1. The number of pyridine rings is 1. The summed E-state index contributed by atoms with van der Waals surface area (Å²) in [6.45, 7) is 4.01. The molecule has 0 fully saturated rings. The standard InChI is InChI=1S/C24H23N5O2S/c1-16-3-2-4-19-23(16)26-15-29(24(19)31)11-8-22(30)27-18-5-6-21(25-13-18)28-10-7-20-17(14-28)9-12-32-20/h2-6,9,12-13,15H,7-8,10-11,14H2,1H3,(H,27,30). The van der Waals surface area contributed by atoms with Gasteiger partial charge in [-0.25, -0.2) is 9.97 Å². The minimum Gasteiger partial charge on any atom is -0.352 e. The van der Waals surface area contributed by atoms with Crippen LogP contribution in [0.2, 0.25) is 0 Å². The second-order valence-electron chi connectivity index (χ2n) is 7.96. The predicted molar refractivity (Wildman–Crippen MR) is 127 cm³/mol. The highest BCUT2D eigenvalue weighted by Gasteiger charge is 2.18. The van der Waals surface area contributed by atoms with Crippen molar-refractivity contribution in [1.29, 1.82) is 0 Å². The van der Waals surface area contributed by atoms with Crippen molar-refractivity contribution in [3.63, 3.8) is 0 Å². The summed E-state index contributed by atoms with van der Waals surface area (Å²) in [6.07, 6.45) is 4.41. The van der Waals surface area contributed by atoms with E-state index in [1.54, 1.807) is 12.3 Å². The van der Waals surface area contributed by atoms with Crippen molar-refractivity contribution in [1.82, 2.24) is 14.5 Å². The summed E-state index contributed by atoms with van der Waals surface area (Å²) in [5.41, 5.74) is 3.54. The maximum atomic E-state index is 12.7. The van der Waals surface area contributed by atoms with Crippen LogP contribution < -0.4 is 15.8 Å². The van der Waals surface area contributed by atoms with Gasteiger partial charge in [-0.15, -0.1) is 11.3 Å². The molecule has 0 saturated carbocycles. The molecular weight excluding hydrogens is 422 g/mol.